The molecule has 3 amide bonds. The van der Waals surface area contributed by atoms with E-state index in [1.54, 1.807) is 9.80 Å². The molecule has 11 nitrogen and oxygen atoms in total. The van der Waals surface area contributed by atoms with Crippen LogP contribution in [0.25, 0.3) is 4.96 Å². The van der Waals surface area contributed by atoms with E-state index >= 15 is 0 Å². The average Bonchev–Trinajstić information content (AvgIpc) is 3.68. The van der Waals surface area contributed by atoms with Crippen molar-refractivity contribution in [3.8, 4) is 0 Å². The van der Waals surface area contributed by atoms with Gasteiger partial charge in [-0.1, -0.05) is 30.3 Å². The zero-order valence-electron chi connectivity index (χ0n) is 24.0. The lowest BCUT2D eigenvalue weighted by atomic mass is 9.99. The fourth-order valence-electron chi connectivity index (χ4n) is 6.12. The molecule has 1 fully saturated rings. The van der Waals surface area contributed by atoms with Crippen molar-refractivity contribution in [1.29, 1.82) is 0 Å². The molecule has 0 saturated carbocycles. The van der Waals surface area contributed by atoms with Crippen molar-refractivity contribution < 1.29 is 14.4 Å². The van der Waals surface area contributed by atoms with Gasteiger partial charge in [0.05, 0.1) is 18.3 Å². The number of aromatic nitrogens is 5. The lowest BCUT2D eigenvalue weighted by Gasteiger charge is -2.36. The number of amides is 3. The van der Waals surface area contributed by atoms with Gasteiger partial charge in [0.2, 0.25) is 11.8 Å². The highest BCUT2D eigenvalue weighted by Gasteiger charge is 2.35. The van der Waals surface area contributed by atoms with Gasteiger partial charge < -0.3 is 15.1 Å². The van der Waals surface area contributed by atoms with Crippen LogP contribution in [0.4, 0.5) is 0 Å². The van der Waals surface area contributed by atoms with Gasteiger partial charge in [0.1, 0.15) is 23.4 Å². The summed E-state index contributed by atoms with van der Waals surface area (Å²) in [4.78, 5) is 54.8. The Morgan fingerprint density at radius 2 is 1.86 bits per heavy atom. The normalized spacial score (nSPS) is 20.6. The van der Waals surface area contributed by atoms with Crippen molar-refractivity contribution in [2.45, 2.75) is 71.0 Å². The van der Waals surface area contributed by atoms with Crippen molar-refractivity contribution in [1.82, 2.24) is 39.3 Å². The Morgan fingerprint density at radius 3 is 2.69 bits per heavy atom. The second kappa shape index (κ2) is 12.0. The first kappa shape index (κ1) is 28.1. The molecule has 0 radical (unpaired) electrons. The van der Waals surface area contributed by atoms with Crippen LogP contribution in [0.5, 0.6) is 0 Å². The van der Waals surface area contributed by atoms with Crippen molar-refractivity contribution in [2.24, 2.45) is 0 Å². The van der Waals surface area contributed by atoms with Gasteiger partial charge in [0.15, 0.2) is 4.96 Å². The van der Waals surface area contributed by atoms with Gasteiger partial charge in [-0.2, -0.15) is 5.10 Å². The molecular weight excluding hydrogens is 552 g/mol. The van der Waals surface area contributed by atoms with Gasteiger partial charge in [0, 0.05) is 37.6 Å². The Kier molecular flexibility index (Phi) is 8.05. The van der Waals surface area contributed by atoms with Crippen molar-refractivity contribution in [2.75, 3.05) is 19.6 Å². The second-order valence-corrected chi connectivity index (χ2v) is 12.0. The van der Waals surface area contributed by atoms with Gasteiger partial charge in [-0.15, -0.1) is 11.3 Å². The number of carbonyl (C=O) groups excluding carboxylic acids is 3. The highest BCUT2D eigenvalue weighted by Crippen LogP contribution is 2.24. The van der Waals surface area contributed by atoms with Crippen LogP contribution < -0.4 is 5.32 Å². The molecule has 3 aromatic heterocycles. The Balaban J connectivity index is 1.36. The summed E-state index contributed by atoms with van der Waals surface area (Å²) < 4.78 is 3.66. The van der Waals surface area contributed by atoms with Gasteiger partial charge in [-0.3, -0.25) is 18.8 Å². The van der Waals surface area contributed by atoms with E-state index in [4.69, 9.17) is 4.98 Å². The number of rotatable bonds is 3. The molecule has 2 aliphatic heterocycles. The van der Waals surface area contributed by atoms with Crippen LogP contribution in [0.15, 0.2) is 41.9 Å². The van der Waals surface area contributed by atoms with Crippen LogP contribution in [0.2, 0.25) is 0 Å². The van der Waals surface area contributed by atoms with Gasteiger partial charge in [-0.25, -0.2) is 14.6 Å². The number of hydrogen-bond donors (Lipinski definition) is 1. The highest BCUT2D eigenvalue weighted by atomic mass is 32.1. The first-order valence-electron chi connectivity index (χ1n) is 14.7. The third-order valence-electron chi connectivity index (χ3n) is 8.17. The molecule has 5 heterocycles. The number of hydrogen-bond acceptors (Lipinski definition) is 7. The van der Waals surface area contributed by atoms with Crippen LogP contribution in [-0.2, 0) is 22.6 Å². The molecule has 12 heteroatoms. The maximum Gasteiger partial charge on any atom is 0.272 e. The third-order valence-corrected chi connectivity index (χ3v) is 8.93. The molecule has 0 aliphatic carbocycles. The molecule has 2 atom stereocenters. The minimum absolute atomic E-state index is 0.0429. The van der Waals surface area contributed by atoms with Crippen LogP contribution in [-0.4, -0.2) is 77.3 Å². The number of benzene rings is 1. The summed E-state index contributed by atoms with van der Waals surface area (Å²) in [6, 6.07) is 9.00. The summed E-state index contributed by atoms with van der Waals surface area (Å²) >= 11 is 1.49. The maximum atomic E-state index is 14.0. The summed E-state index contributed by atoms with van der Waals surface area (Å²) in [7, 11) is 0. The number of nitrogens with one attached hydrogen (secondary N) is 1. The fourth-order valence-corrected chi connectivity index (χ4v) is 6.88. The maximum absolute atomic E-state index is 14.0. The molecule has 4 aromatic rings. The van der Waals surface area contributed by atoms with E-state index in [1.165, 1.54) is 11.3 Å². The minimum atomic E-state index is -0.524. The quantitative estimate of drug-likeness (QED) is 0.392. The van der Waals surface area contributed by atoms with Crippen molar-refractivity contribution >= 4 is 34.0 Å². The molecule has 1 aromatic carbocycles. The molecule has 0 spiro atoms. The largest absolute Gasteiger partial charge is 0.344 e. The van der Waals surface area contributed by atoms with E-state index < -0.39 is 12.1 Å². The second-order valence-electron chi connectivity index (χ2n) is 11.1. The van der Waals surface area contributed by atoms with E-state index in [0.29, 0.717) is 68.5 Å². The summed E-state index contributed by atoms with van der Waals surface area (Å²) in [5.41, 5.74) is 2.28. The minimum Gasteiger partial charge on any atom is -0.344 e. The Hall–Kier alpha value is -4.06. The average molecular weight is 589 g/mol. The molecule has 2 aliphatic rings. The summed E-state index contributed by atoms with van der Waals surface area (Å²) in [5.74, 6) is 0.922. The van der Waals surface area contributed by atoms with E-state index in [2.05, 4.69) is 15.4 Å². The van der Waals surface area contributed by atoms with Crippen LogP contribution in [0, 0.1) is 13.8 Å². The molecule has 6 rings (SSSR count). The molecule has 1 saturated heterocycles. The lowest BCUT2D eigenvalue weighted by molar-refractivity contribution is -0.142. The van der Waals surface area contributed by atoms with Crippen LogP contribution in [0.3, 0.4) is 0 Å². The van der Waals surface area contributed by atoms with E-state index in [1.807, 2.05) is 64.8 Å². The number of carbonyl (C=O) groups is 3. The molecular formula is C30H36N8O3S. The van der Waals surface area contributed by atoms with Crippen molar-refractivity contribution in [3.63, 3.8) is 0 Å². The number of piperidine rings is 1. The zero-order valence-corrected chi connectivity index (χ0v) is 24.8. The molecule has 42 heavy (non-hydrogen) atoms. The Bertz CT molecular complexity index is 1590. The van der Waals surface area contributed by atoms with Crippen LogP contribution in [0.1, 0.15) is 71.5 Å². The van der Waals surface area contributed by atoms with E-state index in [0.717, 1.165) is 23.4 Å². The molecule has 220 valence electrons. The zero-order chi connectivity index (χ0) is 29.2. The third kappa shape index (κ3) is 5.67. The van der Waals surface area contributed by atoms with Gasteiger partial charge in [-0.05, 0) is 51.5 Å². The SMILES string of the molecule is Cc1nc2n(n1)CCN(C(=O)c1c(C)nc3sccn13)CCCC(=O)N1CCCC[C@H]1C(=O)N[C@@H]2Cc1ccccc1. The lowest BCUT2D eigenvalue weighted by Crippen LogP contribution is -2.53. The highest BCUT2D eigenvalue weighted by molar-refractivity contribution is 7.15. The summed E-state index contributed by atoms with van der Waals surface area (Å²) in [6.07, 6.45) is 5.56. The number of fused-ring (bicyclic) bond motifs is 3. The summed E-state index contributed by atoms with van der Waals surface area (Å²) in [6.45, 7) is 5.43. The molecule has 0 unspecified atom stereocenters. The summed E-state index contributed by atoms with van der Waals surface area (Å²) in [5, 5.41) is 9.84. The number of thiazole rings is 1. The van der Waals surface area contributed by atoms with Crippen LogP contribution >= 0.6 is 11.3 Å². The monoisotopic (exact) mass is 588 g/mol. The first-order valence-corrected chi connectivity index (χ1v) is 15.5. The number of aryl methyl sites for hydroxylation is 2. The first-order chi connectivity index (χ1) is 20.4. The Morgan fingerprint density at radius 1 is 1.02 bits per heavy atom. The predicted molar refractivity (Wildman–Crippen MR) is 158 cm³/mol. The number of nitrogens with zero attached hydrogens (tertiary/aromatic N) is 7. The van der Waals surface area contributed by atoms with E-state index in [9.17, 15) is 14.4 Å². The number of imidazole rings is 1. The fraction of sp³-hybridized carbons (Fsp3) is 0.467. The molecule has 0 bridgehead atoms. The topological polar surface area (TPSA) is 118 Å². The smallest absolute Gasteiger partial charge is 0.272 e. The predicted octanol–water partition coefficient (Wildman–Crippen LogP) is 3.32. The molecule has 1 N–H and O–H groups in total. The standard InChI is InChI=1S/C30H36N8O3S/c1-20-26(37-17-18-42-30(37)31-20)29(41)35-13-8-12-25(39)36-14-7-6-11-24(36)28(40)33-23(19-22-9-4-3-5-10-22)27-32-21(2)34-38(27)16-15-35/h3-5,9-10,17-18,23-24H,6-8,11-16,19H2,1-2H3,(H,33,40)/t23-,24+/m1/s1. The van der Waals surface area contributed by atoms with E-state index in [-0.39, 0.29) is 24.1 Å². The van der Waals surface area contributed by atoms with Crippen molar-refractivity contribution in [3.05, 3.63) is 70.5 Å². The van der Waals surface area contributed by atoms with Gasteiger partial charge >= 0.3 is 0 Å². The Labute approximate surface area is 248 Å². The van der Waals surface area contributed by atoms with Gasteiger partial charge in [0.25, 0.3) is 5.91 Å².